The van der Waals surface area contributed by atoms with E-state index in [9.17, 15) is 4.79 Å². The Labute approximate surface area is 182 Å². The average molecular weight is 418 g/mol. The van der Waals surface area contributed by atoms with Crippen LogP contribution >= 0.6 is 0 Å². The number of amidine groups is 1. The van der Waals surface area contributed by atoms with Crippen LogP contribution in [-0.2, 0) is 4.79 Å². The number of amides is 1. The van der Waals surface area contributed by atoms with Gasteiger partial charge in [0.15, 0.2) is 0 Å². The first-order valence-corrected chi connectivity index (χ1v) is 12.7. The summed E-state index contributed by atoms with van der Waals surface area (Å²) in [5, 5.41) is 11.3. The van der Waals surface area contributed by atoms with E-state index >= 15 is 0 Å². The number of carbonyl (C=O) groups is 1. The number of fused-ring (bicyclic) bond motifs is 1. The van der Waals surface area contributed by atoms with Crippen LogP contribution in [0.15, 0.2) is 0 Å². The fourth-order valence-corrected chi connectivity index (χ4v) is 6.77. The number of carbonyl (C=O) groups excluding carboxylic acids is 1. The van der Waals surface area contributed by atoms with E-state index in [0.717, 1.165) is 63.8 Å². The van der Waals surface area contributed by atoms with Gasteiger partial charge in [-0.1, -0.05) is 32.1 Å². The molecule has 30 heavy (non-hydrogen) atoms. The quantitative estimate of drug-likeness (QED) is 0.393. The van der Waals surface area contributed by atoms with Crippen LogP contribution in [0.5, 0.6) is 0 Å². The van der Waals surface area contributed by atoms with Crippen molar-refractivity contribution in [2.45, 2.75) is 114 Å². The minimum atomic E-state index is 0.00454. The van der Waals surface area contributed by atoms with E-state index in [1.807, 2.05) is 0 Å². The minimum Gasteiger partial charge on any atom is -0.387 e. The monoisotopic (exact) mass is 417 g/mol. The van der Waals surface area contributed by atoms with E-state index in [-0.39, 0.29) is 17.9 Å². The molecule has 1 saturated heterocycles. The van der Waals surface area contributed by atoms with Crippen LogP contribution in [0.25, 0.3) is 0 Å². The Balaban J connectivity index is 1.41. The second-order valence-corrected chi connectivity index (χ2v) is 10.7. The molecule has 1 amide bonds. The third-order valence-electron chi connectivity index (χ3n) is 8.69. The Morgan fingerprint density at radius 2 is 1.70 bits per heavy atom. The van der Waals surface area contributed by atoms with Gasteiger partial charge in [-0.2, -0.15) is 0 Å². The molecule has 4 atom stereocenters. The zero-order valence-corrected chi connectivity index (χ0v) is 18.7. The van der Waals surface area contributed by atoms with Gasteiger partial charge in [0.25, 0.3) is 0 Å². The predicted octanol–water partition coefficient (Wildman–Crippen LogP) is 3.14. The SMILES string of the molecule is N=C(N)C1CCC2CC(C(=O)NC3CCC(N)CC3)N(CCC3CCCCC3)C2C1. The topological polar surface area (TPSA) is 108 Å². The molecule has 0 spiro atoms. The fraction of sp³-hybridized carbons (Fsp3) is 0.917. The smallest absolute Gasteiger partial charge is 0.237 e. The third-order valence-corrected chi connectivity index (χ3v) is 8.69. The molecule has 1 aliphatic heterocycles. The number of nitrogens with zero attached hydrogens (tertiary/aromatic N) is 1. The number of nitrogens with one attached hydrogen (secondary N) is 2. The predicted molar refractivity (Wildman–Crippen MR) is 121 cm³/mol. The largest absolute Gasteiger partial charge is 0.387 e. The highest BCUT2D eigenvalue weighted by Crippen LogP contribution is 2.42. The summed E-state index contributed by atoms with van der Waals surface area (Å²) in [6.07, 6.45) is 16.2. The summed E-state index contributed by atoms with van der Waals surface area (Å²) in [5.41, 5.74) is 11.9. The summed E-state index contributed by atoms with van der Waals surface area (Å²) >= 11 is 0. The summed E-state index contributed by atoms with van der Waals surface area (Å²) in [4.78, 5) is 15.9. The summed E-state index contributed by atoms with van der Waals surface area (Å²) < 4.78 is 0. The standard InChI is InChI=1S/C24H43N5O/c25-19-8-10-20(11-9-19)28-24(30)22-14-17-6-7-18(23(26)27)15-21(17)29(22)13-12-16-4-2-1-3-5-16/h16-22H,1-15,25H2,(H3,26,27)(H,28,30). The van der Waals surface area contributed by atoms with Crippen LogP contribution in [0.3, 0.4) is 0 Å². The lowest BCUT2D eigenvalue weighted by Crippen LogP contribution is -2.51. The van der Waals surface area contributed by atoms with Crippen molar-refractivity contribution in [1.29, 1.82) is 5.41 Å². The molecule has 0 aromatic rings. The van der Waals surface area contributed by atoms with Crippen molar-refractivity contribution in [3.63, 3.8) is 0 Å². The molecule has 4 unspecified atom stereocenters. The molecule has 3 saturated carbocycles. The van der Waals surface area contributed by atoms with Gasteiger partial charge in [-0.05, 0) is 76.2 Å². The van der Waals surface area contributed by atoms with Crippen LogP contribution in [0.2, 0.25) is 0 Å². The first-order valence-electron chi connectivity index (χ1n) is 12.7. The number of rotatable bonds is 6. The van der Waals surface area contributed by atoms with Gasteiger partial charge in [0.05, 0.1) is 11.9 Å². The van der Waals surface area contributed by atoms with Gasteiger partial charge >= 0.3 is 0 Å². The molecule has 4 aliphatic rings. The number of hydrogen-bond acceptors (Lipinski definition) is 4. The summed E-state index contributed by atoms with van der Waals surface area (Å²) in [5.74, 6) is 2.20. The molecule has 170 valence electrons. The molecule has 1 heterocycles. The fourth-order valence-electron chi connectivity index (χ4n) is 6.77. The zero-order valence-electron chi connectivity index (χ0n) is 18.7. The second kappa shape index (κ2) is 9.99. The van der Waals surface area contributed by atoms with Crippen molar-refractivity contribution in [3.05, 3.63) is 0 Å². The van der Waals surface area contributed by atoms with E-state index < -0.39 is 0 Å². The number of hydrogen-bond donors (Lipinski definition) is 4. The Hall–Kier alpha value is -1.14. The molecule has 0 bridgehead atoms. The third kappa shape index (κ3) is 5.18. The Bertz CT molecular complexity index is 596. The molecule has 6 N–H and O–H groups in total. The van der Waals surface area contributed by atoms with E-state index in [4.69, 9.17) is 16.9 Å². The van der Waals surface area contributed by atoms with Crippen molar-refractivity contribution < 1.29 is 4.79 Å². The van der Waals surface area contributed by atoms with Crippen LogP contribution in [-0.4, -0.2) is 47.4 Å². The lowest BCUT2D eigenvalue weighted by molar-refractivity contribution is -0.127. The molecule has 3 aliphatic carbocycles. The van der Waals surface area contributed by atoms with Crippen LogP contribution in [0.4, 0.5) is 0 Å². The maximum Gasteiger partial charge on any atom is 0.237 e. The van der Waals surface area contributed by atoms with E-state index in [0.29, 0.717) is 29.9 Å². The van der Waals surface area contributed by atoms with Gasteiger partial charge < -0.3 is 16.8 Å². The number of nitrogens with two attached hydrogens (primary N) is 2. The Morgan fingerprint density at radius 3 is 2.40 bits per heavy atom. The van der Waals surface area contributed by atoms with Crippen LogP contribution in [0.1, 0.15) is 89.9 Å². The molecule has 0 aromatic carbocycles. The molecule has 6 heteroatoms. The molecular weight excluding hydrogens is 374 g/mol. The van der Waals surface area contributed by atoms with E-state index in [1.54, 1.807) is 0 Å². The maximum atomic E-state index is 13.4. The van der Waals surface area contributed by atoms with Gasteiger partial charge in [-0.3, -0.25) is 15.1 Å². The van der Waals surface area contributed by atoms with Crippen molar-refractivity contribution in [2.75, 3.05) is 6.54 Å². The average Bonchev–Trinajstić information content (AvgIpc) is 3.12. The molecular formula is C24H43N5O. The van der Waals surface area contributed by atoms with Crippen molar-refractivity contribution in [1.82, 2.24) is 10.2 Å². The molecule has 0 aromatic heterocycles. The highest BCUT2D eigenvalue weighted by Gasteiger charge is 2.47. The first-order chi connectivity index (χ1) is 14.5. The van der Waals surface area contributed by atoms with E-state index in [1.165, 1.54) is 38.5 Å². The summed E-state index contributed by atoms with van der Waals surface area (Å²) in [6.45, 7) is 1.03. The van der Waals surface area contributed by atoms with Crippen LogP contribution in [0, 0.1) is 23.2 Å². The zero-order chi connectivity index (χ0) is 21.1. The van der Waals surface area contributed by atoms with Crippen molar-refractivity contribution >= 4 is 11.7 Å². The van der Waals surface area contributed by atoms with Gasteiger partial charge in [-0.25, -0.2) is 0 Å². The van der Waals surface area contributed by atoms with E-state index in [2.05, 4.69) is 10.2 Å². The first kappa shape index (κ1) is 22.1. The second-order valence-electron chi connectivity index (χ2n) is 10.7. The van der Waals surface area contributed by atoms with Crippen molar-refractivity contribution in [2.24, 2.45) is 29.2 Å². The van der Waals surface area contributed by atoms with Gasteiger partial charge in [-0.15, -0.1) is 0 Å². The van der Waals surface area contributed by atoms with Crippen molar-refractivity contribution in [3.8, 4) is 0 Å². The minimum absolute atomic E-state index is 0.00454. The highest BCUT2D eigenvalue weighted by atomic mass is 16.2. The summed E-state index contributed by atoms with van der Waals surface area (Å²) in [6, 6.07) is 1.03. The van der Waals surface area contributed by atoms with Gasteiger partial charge in [0.2, 0.25) is 5.91 Å². The Morgan fingerprint density at radius 1 is 0.967 bits per heavy atom. The number of likely N-dealkylation sites (tertiary alicyclic amines) is 1. The van der Waals surface area contributed by atoms with Gasteiger partial charge in [0.1, 0.15) is 0 Å². The molecule has 0 radical (unpaired) electrons. The maximum absolute atomic E-state index is 13.4. The lowest BCUT2D eigenvalue weighted by atomic mass is 9.78. The lowest BCUT2D eigenvalue weighted by Gasteiger charge is -2.38. The summed E-state index contributed by atoms with van der Waals surface area (Å²) in [7, 11) is 0. The molecule has 6 nitrogen and oxygen atoms in total. The van der Waals surface area contributed by atoms with Gasteiger partial charge in [0, 0.05) is 24.0 Å². The normalized spacial score (nSPS) is 38.2. The Kier molecular flexibility index (Phi) is 7.35. The van der Waals surface area contributed by atoms with Crippen LogP contribution < -0.4 is 16.8 Å². The highest BCUT2D eigenvalue weighted by molar-refractivity contribution is 5.83. The molecule has 4 fully saturated rings. The molecule has 4 rings (SSSR count).